The van der Waals surface area contributed by atoms with Crippen LogP contribution in [-0.2, 0) is 13.6 Å². The zero-order valence-corrected chi connectivity index (χ0v) is 9.92. The molecule has 1 amide bonds. The van der Waals surface area contributed by atoms with Gasteiger partial charge in [-0.05, 0) is 24.3 Å². The smallest absolute Gasteiger partial charge is 0.255 e. The molecule has 0 spiro atoms. The van der Waals surface area contributed by atoms with Crippen LogP contribution in [0.2, 0.25) is 0 Å². The minimum absolute atomic E-state index is 0.0773. The fourth-order valence-corrected chi connectivity index (χ4v) is 1.66. The van der Waals surface area contributed by atoms with E-state index in [9.17, 15) is 9.90 Å². The summed E-state index contributed by atoms with van der Waals surface area (Å²) in [5, 5.41) is 21.4. The van der Waals surface area contributed by atoms with Crippen molar-refractivity contribution in [3.05, 3.63) is 47.8 Å². The summed E-state index contributed by atoms with van der Waals surface area (Å²) in [7, 11) is 1.89. The highest BCUT2D eigenvalue weighted by Gasteiger charge is 2.11. The average Bonchev–Trinajstić information content (AvgIpc) is 2.72. The highest BCUT2D eigenvalue weighted by atomic mass is 16.3. The minimum atomic E-state index is -0.381. The van der Waals surface area contributed by atoms with Crippen molar-refractivity contribution in [3.63, 3.8) is 0 Å². The third-order valence-electron chi connectivity index (χ3n) is 2.71. The van der Waals surface area contributed by atoms with Crippen LogP contribution in [0.15, 0.2) is 36.5 Å². The zero-order valence-electron chi connectivity index (χ0n) is 9.92. The first-order valence-electron chi connectivity index (χ1n) is 5.48. The number of aryl methyl sites for hydroxylation is 1. The summed E-state index contributed by atoms with van der Waals surface area (Å²) < 4.78 is 1.90. The van der Waals surface area contributed by atoms with Crippen molar-refractivity contribution in [1.82, 2.24) is 9.88 Å². The minimum Gasteiger partial charge on any atom is -0.508 e. The second-order valence-corrected chi connectivity index (χ2v) is 3.99. The summed E-state index contributed by atoms with van der Waals surface area (Å²) >= 11 is 0. The third kappa shape index (κ3) is 2.45. The molecule has 0 aliphatic carbocycles. The maximum atomic E-state index is 11.8. The number of nitrogens with zero attached hydrogens (tertiary/aromatic N) is 1. The molecule has 94 valence electrons. The van der Waals surface area contributed by atoms with Crippen molar-refractivity contribution in [2.24, 2.45) is 7.05 Å². The van der Waals surface area contributed by atoms with Crippen molar-refractivity contribution >= 4 is 5.91 Å². The number of hydrogen-bond acceptors (Lipinski definition) is 3. The van der Waals surface area contributed by atoms with E-state index in [2.05, 4.69) is 5.32 Å². The number of amides is 1. The van der Waals surface area contributed by atoms with Gasteiger partial charge in [0.2, 0.25) is 0 Å². The van der Waals surface area contributed by atoms with Crippen LogP contribution in [0.25, 0.3) is 0 Å². The second kappa shape index (κ2) is 4.83. The van der Waals surface area contributed by atoms with E-state index in [1.54, 1.807) is 0 Å². The van der Waals surface area contributed by atoms with Crippen LogP contribution in [0.1, 0.15) is 16.1 Å². The monoisotopic (exact) mass is 246 g/mol. The Bertz CT molecular complexity index is 575. The summed E-state index contributed by atoms with van der Waals surface area (Å²) in [4.78, 5) is 11.8. The van der Waals surface area contributed by atoms with Crippen LogP contribution < -0.4 is 5.32 Å². The normalized spacial score (nSPS) is 10.3. The molecule has 0 saturated carbocycles. The number of carbonyl (C=O) groups is 1. The van der Waals surface area contributed by atoms with Gasteiger partial charge in [0.25, 0.3) is 5.91 Å². The lowest BCUT2D eigenvalue weighted by molar-refractivity contribution is 0.0947. The Labute approximate surface area is 104 Å². The number of phenolic OH excluding ortho intramolecular Hbond substituents is 2. The van der Waals surface area contributed by atoms with Gasteiger partial charge in [0.1, 0.15) is 11.5 Å². The molecule has 1 aromatic heterocycles. The Hall–Kier alpha value is -2.43. The molecule has 2 aromatic rings. The number of hydrogen-bond donors (Lipinski definition) is 3. The summed E-state index contributed by atoms with van der Waals surface area (Å²) in [6.45, 7) is 0.378. The Morgan fingerprint density at radius 3 is 2.72 bits per heavy atom. The molecule has 0 aliphatic rings. The molecule has 0 unspecified atom stereocenters. The Morgan fingerprint density at radius 1 is 1.33 bits per heavy atom. The number of carbonyl (C=O) groups excluding carboxylic acids is 1. The van der Waals surface area contributed by atoms with Crippen LogP contribution in [0.4, 0.5) is 0 Å². The Balaban J connectivity index is 2.06. The van der Waals surface area contributed by atoms with Gasteiger partial charge in [-0.3, -0.25) is 4.79 Å². The molecule has 0 saturated heterocycles. The van der Waals surface area contributed by atoms with Gasteiger partial charge in [-0.1, -0.05) is 0 Å². The maximum absolute atomic E-state index is 11.8. The second-order valence-electron chi connectivity index (χ2n) is 3.99. The molecule has 0 fully saturated rings. The zero-order chi connectivity index (χ0) is 13.1. The SMILES string of the molecule is Cn1cccc1CNC(=O)c1ccc(O)cc1O. The molecule has 0 aliphatic heterocycles. The largest absolute Gasteiger partial charge is 0.508 e. The van der Waals surface area contributed by atoms with Crippen LogP contribution in [0.5, 0.6) is 11.5 Å². The number of rotatable bonds is 3. The maximum Gasteiger partial charge on any atom is 0.255 e. The highest BCUT2D eigenvalue weighted by Crippen LogP contribution is 2.22. The standard InChI is InChI=1S/C13H14N2O3/c1-15-6-2-3-9(15)8-14-13(18)11-5-4-10(16)7-12(11)17/h2-7,16-17H,8H2,1H3,(H,14,18). The summed E-state index contributed by atoms with van der Waals surface area (Å²) in [5.74, 6) is -0.695. The molecule has 2 rings (SSSR count). The van der Waals surface area contributed by atoms with Crippen molar-refractivity contribution in [2.45, 2.75) is 6.54 Å². The molecule has 1 aromatic carbocycles. The van der Waals surface area contributed by atoms with Gasteiger partial charge < -0.3 is 20.1 Å². The van der Waals surface area contributed by atoms with Crippen LogP contribution in [-0.4, -0.2) is 20.7 Å². The molecule has 18 heavy (non-hydrogen) atoms. The van der Waals surface area contributed by atoms with Gasteiger partial charge in [0.15, 0.2) is 0 Å². The van der Waals surface area contributed by atoms with E-state index in [1.165, 1.54) is 12.1 Å². The number of aromatic hydroxyl groups is 2. The lowest BCUT2D eigenvalue weighted by Gasteiger charge is -2.08. The van der Waals surface area contributed by atoms with E-state index in [1.807, 2.05) is 29.9 Å². The predicted molar refractivity (Wildman–Crippen MR) is 66.4 cm³/mol. The topological polar surface area (TPSA) is 74.5 Å². The fourth-order valence-electron chi connectivity index (χ4n) is 1.66. The third-order valence-corrected chi connectivity index (χ3v) is 2.71. The molecule has 0 atom stereocenters. The van der Waals surface area contributed by atoms with Crippen LogP contribution in [0.3, 0.4) is 0 Å². The lowest BCUT2D eigenvalue weighted by atomic mass is 10.2. The van der Waals surface area contributed by atoms with E-state index in [4.69, 9.17) is 5.11 Å². The van der Waals surface area contributed by atoms with Crippen molar-refractivity contribution < 1.29 is 15.0 Å². The summed E-state index contributed by atoms with van der Waals surface area (Å²) in [6.07, 6.45) is 1.89. The van der Waals surface area contributed by atoms with Crippen molar-refractivity contribution in [2.75, 3.05) is 0 Å². The summed E-state index contributed by atoms with van der Waals surface area (Å²) in [6, 6.07) is 7.66. The Kier molecular flexibility index (Phi) is 3.23. The van der Waals surface area contributed by atoms with E-state index in [-0.39, 0.29) is 23.0 Å². The predicted octanol–water partition coefficient (Wildman–Crippen LogP) is 1.37. The quantitative estimate of drug-likeness (QED) is 0.765. The van der Waals surface area contributed by atoms with E-state index < -0.39 is 0 Å². The molecule has 0 radical (unpaired) electrons. The number of aromatic nitrogens is 1. The molecular formula is C13H14N2O3. The number of benzene rings is 1. The first-order valence-corrected chi connectivity index (χ1v) is 5.48. The van der Waals surface area contributed by atoms with Gasteiger partial charge in [0, 0.05) is 25.0 Å². The van der Waals surface area contributed by atoms with E-state index in [0.29, 0.717) is 6.54 Å². The first-order chi connectivity index (χ1) is 8.58. The van der Waals surface area contributed by atoms with Crippen molar-refractivity contribution in [3.8, 4) is 11.5 Å². The van der Waals surface area contributed by atoms with Gasteiger partial charge >= 0.3 is 0 Å². The van der Waals surface area contributed by atoms with E-state index in [0.717, 1.165) is 11.8 Å². The molecular weight excluding hydrogens is 232 g/mol. The molecule has 5 heteroatoms. The van der Waals surface area contributed by atoms with Gasteiger partial charge in [-0.15, -0.1) is 0 Å². The van der Waals surface area contributed by atoms with Gasteiger partial charge in [-0.2, -0.15) is 0 Å². The van der Waals surface area contributed by atoms with Gasteiger partial charge in [0.05, 0.1) is 12.1 Å². The lowest BCUT2D eigenvalue weighted by Crippen LogP contribution is -2.23. The molecule has 5 nitrogen and oxygen atoms in total. The number of nitrogens with one attached hydrogen (secondary N) is 1. The van der Waals surface area contributed by atoms with Crippen LogP contribution in [0, 0.1) is 0 Å². The first kappa shape index (κ1) is 12.0. The van der Waals surface area contributed by atoms with Crippen molar-refractivity contribution in [1.29, 1.82) is 0 Å². The van der Waals surface area contributed by atoms with Gasteiger partial charge in [-0.25, -0.2) is 0 Å². The average molecular weight is 246 g/mol. The molecule has 3 N–H and O–H groups in total. The fraction of sp³-hybridized carbons (Fsp3) is 0.154. The number of phenols is 2. The molecule has 1 heterocycles. The van der Waals surface area contributed by atoms with E-state index >= 15 is 0 Å². The Morgan fingerprint density at radius 2 is 2.11 bits per heavy atom. The molecule has 0 bridgehead atoms. The summed E-state index contributed by atoms with van der Waals surface area (Å²) in [5.41, 5.74) is 1.10. The van der Waals surface area contributed by atoms with Crippen LogP contribution >= 0.6 is 0 Å². The highest BCUT2D eigenvalue weighted by molar-refractivity contribution is 5.96.